The molecular formula is C10H17F3N2O3. The van der Waals surface area contributed by atoms with Gasteiger partial charge in [0.1, 0.15) is 0 Å². The van der Waals surface area contributed by atoms with Gasteiger partial charge in [0.15, 0.2) is 0 Å². The molecule has 0 spiro atoms. The number of rotatable bonds is 7. The van der Waals surface area contributed by atoms with Gasteiger partial charge in [-0.25, -0.2) is 0 Å². The number of aliphatic carboxylic acids is 1. The number of nitrogens with one attached hydrogen (secondary N) is 2. The van der Waals surface area contributed by atoms with Gasteiger partial charge in [-0.3, -0.25) is 9.59 Å². The molecule has 106 valence electrons. The monoisotopic (exact) mass is 270 g/mol. The second kappa shape index (κ2) is 6.58. The largest absolute Gasteiger partial charge is 0.481 e. The minimum atomic E-state index is -4.38. The highest BCUT2D eigenvalue weighted by atomic mass is 19.4. The highest BCUT2D eigenvalue weighted by molar-refractivity contribution is 5.80. The zero-order chi connectivity index (χ0) is 14.4. The number of carbonyl (C=O) groups excluding carboxylic acids is 1. The molecule has 0 aliphatic heterocycles. The fourth-order valence-electron chi connectivity index (χ4n) is 1.03. The van der Waals surface area contributed by atoms with Crippen molar-refractivity contribution in [2.45, 2.75) is 26.4 Å². The molecule has 0 rings (SSSR count). The number of halogens is 3. The van der Waals surface area contributed by atoms with Gasteiger partial charge in [-0.05, 0) is 13.3 Å². The molecule has 0 aliphatic rings. The standard InChI is InChI=1S/C10H17F3N2O3/c1-3-9(2,8(17)18)5-15-7(16)4-14-6-10(11,12)13/h14H,3-6H2,1-2H3,(H,15,16)(H,17,18). The average Bonchev–Trinajstić information content (AvgIpc) is 2.23. The van der Waals surface area contributed by atoms with Crippen molar-refractivity contribution in [2.75, 3.05) is 19.6 Å². The van der Waals surface area contributed by atoms with Crippen LogP contribution in [0.4, 0.5) is 13.2 Å². The molecule has 0 bridgehead atoms. The van der Waals surface area contributed by atoms with Gasteiger partial charge in [0.25, 0.3) is 0 Å². The molecule has 1 unspecified atom stereocenters. The summed E-state index contributed by atoms with van der Waals surface area (Å²) in [4.78, 5) is 22.1. The zero-order valence-corrected chi connectivity index (χ0v) is 10.2. The summed E-state index contributed by atoms with van der Waals surface area (Å²) < 4.78 is 35.3. The summed E-state index contributed by atoms with van der Waals surface area (Å²) in [5.41, 5.74) is -1.11. The van der Waals surface area contributed by atoms with Crippen molar-refractivity contribution in [1.29, 1.82) is 0 Å². The van der Waals surface area contributed by atoms with E-state index in [9.17, 15) is 22.8 Å². The number of alkyl halides is 3. The maximum atomic E-state index is 11.8. The summed E-state index contributed by atoms with van der Waals surface area (Å²) in [5.74, 6) is -1.73. The van der Waals surface area contributed by atoms with Gasteiger partial charge < -0.3 is 15.7 Å². The molecular weight excluding hydrogens is 253 g/mol. The second-order valence-electron chi connectivity index (χ2n) is 4.21. The molecule has 0 aromatic carbocycles. The van der Waals surface area contributed by atoms with Crippen molar-refractivity contribution in [3.8, 4) is 0 Å². The first-order valence-corrected chi connectivity index (χ1v) is 5.38. The molecule has 0 fully saturated rings. The second-order valence-corrected chi connectivity index (χ2v) is 4.21. The lowest BCUT2D eigenvalue weighted by molar-refractivity contribution is -0.148. The van der Waals surface area contributed by atoms with Crippen LogP contribution in [0.2, 0.25) is 0 Å². The molecule has 0 radical (unpaired) electrons. The van der Waals surface area contributed by atoms with Gasteiger partial charge >= 0.3 is 12.1 Å². The van der Waals surface area contributed by atoms with Crippen LogP contribution >= 0.6 is 0 Å². The molecule has 18 heavy (non-hydrogen) atoms. The molecule has 5 nitrogen and oxygen atoms in total. The van der Waals surface area contributed by atoms with E-state index in [1.807, 2.05) is 5.32 Å². The van der Waals surface area contributed by atoms with Crippen LogP contribution in [0.3, 0.4) is 0 Å². The van der Waals surface area contributed by atoms with Crippen molar-refractivity contribution < 1.29 is 27.9 Å². The summed E-state index contributed by atoms with van der Waals surface area (Å²) in [6.45, 7) is 1.23. The molecule has 0 saturated carbocycles. The maximum absolute atomic E-state index is 11.8. The first kappa shape index (κ1) is 16.7. The maximum Gasteiger partial charge on any atom is 0.401 e. The van der Waals surface area contributed by atoms with Crippen LogP contribution in [0, 0.1) is 5.41 Å². The van der Waals surface area contributed by atoms with Gasteiger partial charge in [0, 0.05) is 6.54 Å². The lowest BCUT2D eigenvalue weighted by Gasteiger charge is -2.23. The predicted molar refractivity (Wildman–Crippen MR) is 58.0 cm³/mol. The quantitative estimate of drug-likeness (QED) is 0.638. The van der Waals surface area contributed by atoms with Crippen molar-refractivity contribution in [2.24, 2.45) is 5.41 Å². The molecule has 0 aromatic heterocycles. The first-order valence-electron chi connectivity index (χ1n) is 5.38. The van der Waals surface area contributed by atoms with E-state index in [4.69, 9.17) is 5.11 Å². The molecule has 0 saturated heterocycles. The Bertz CT molecular complexity index is 307. The third-order valence-corrected chi connectivity index (χ3v) is 2.58. The molecule has 8 heteroatoms. The smallest absolute Gasteiger partial charge is 0.401 e. The minimum Gasteiger partial charge on any atom is -0.481 e. The Hall–Kier alpha value is -1.31. The van der Waals surface area contributed by atoms with Gasteiger partial charge in [0.05, 0.1) is 18.5 Å². The normalized spacial score (nSPS) is 14.9. The van der Waals surface area contributed by atoms with Gasteiger partial charge in [-0.15, -0.1) is 0 Å². The van der Waals surface area contributed by atoms with Crippen molar-refractivity contribution in [3.63, 3.8) is 0 Å². The lowest BCUT2D eigenvalue weighted by atomic mass is 9.88. The highest BCUT2D eigenvalue weighted by Crippen LogP contribution is 2.19. The third-order valence-electron chi connectivity index (χ3n) is 2.58. The van der Waals surface area contributed by atoms with Crippen LogP contribution < -0.4 is 10.6 Å². The lowest BCUT2D eigenvalue weighted by Crippen LogP contribution is -2.44. The van der Waals surface area contributed by atoms with Crippen molar-refractivity contribution >= 4 is 11.9 Å². The Kier molecular flexibility index (Phi) is 6.10. The van der Waals surface area contributed by atoms with Crippen molar-refractivity contribution in [3.05, 3.63) is 0 Å². The van der Waals surface area contributed by atoms with E-state index < -0.39 is 36.6 Å². The van der Waals surface area contributed by atoms with Gasteiger partial charge in [-0.1, -0.05) is 6.92 Å². The number of amides is 1. The van der Waals surface area contributed by atoms with Crippen LogP contribution in [0.1, 0.15) is 20.3 Å². The number of hydrogen-bond donors (Lipinski definition) is 3. The van der Waals surface area contributed by atoms with E-state index in [0.717, 1.165) is 0 Å². The number of carboxylic acid groups (broad SMARTS) is 1. The van der Waals surface area contributed by atoms with Crippen LogP contribution in [0.5, 0.6) is 0 Å². The van der Waals surface area contributed by atoms with E-state index >= 15 is 0 Å². The van der Waals surface area contributed by atoms with E-state index in [2.05, 4.69) is 5.32 Å². The molecule has 0 aromatic rings. The number of carbonyl (C=O) groups is 2. The topological polar surface area (TPSA) is 78.4 Å². The first-order chi connectivity index (χ1) is 8.10. The Morgan fingerprint density at radius 3 is 2.17 bits per heavy atom. The van der Waals surface area contributed by atoms with Gasteiger partial charge in [-0.2, -0.15) is 13.2 Å². The van der Waals surface area contributed by atoms with Crippen LogP contribution in [0.15, 0.2) is 0 Å². The van der Waals surface area contributed by atoms with Crippen LogP contribution in [-0.4, -0.2) is 42.8 Å². The molecule has 1 atom stereocenters. The molecule has 1 amide bonds. The Labute approximate surface area is 103 Å². The van der Waals surface area contributed by atoms with Crippen molar-refractivity contribution in [1.82, 2.24) is 10.6 Å². The SMILES string of the molecule is CCC(C)(CNC(=O)CNCC(F)(F)F)C(=O)O. The van der Waals surface area contributed by atoms with Crippen LogP contribution in [0.25, 0.3) is 0 Å². The number of carboxylic acids is 1. The summed E-state index contributed by atoms with van der Waals surface area (Å²) in [6, 6.07) is 0. The molecule has 3 N–H and O–H groups in total. The Morgan fingerprint density at radius 2 is 1.78 bits per heavy atom. The Balaban J connectivity index is 4.00. The molecule has 0 aliphatic carbocycles. The van der Waals surface area contributed by atoms with E-state index in [-0.39, 0.29) is 6.54 Å². The molecule has 0 heterocycles. The summed E-state index contributed by atoms with van der Waals surface area (Å²) in [6.07, 6.45) is -4.07. The zero-order valence-electron chi connectivity index (χ0n) is 10.2. The summed E-state index contributed by atoms with van der Waals surface area (Å²) >= 11 is 0. The summed E-state index contributed by atoms with van der Waals surface area (Å²) in [7, 11) is 0. The fourth-order valence-corrected chi connectivity index (χ4v) is 1.03. The fraction of sp³-hybridized carbons (Fsp3) is 0.800. The van der Waals surface area contributed by atoms with E-state index in [1.54, 1.807) is 6.92 Å². The van der Waals surface area contributed by atoms with E-state index in [0.29, 0.717) is 6.42 Å². The Morgan fingerprint density at radius 1 is 1.22 bits per heavy atom. The average molecular weight is 270 g/mol. The third kappa shape index (κ3) is 6.43. The summed E-state index contributed by atoms with van der Waals surface area (Å²) in [5, 5.41) is 13.1. The number of hydrogen-bond acceptors (Lipinski definition) is 3. The van der Waals surface area contributed by atoms with E-state index in [1.165, 1.54) is 6.92 Å². The highest BCUT2D eigenvalue weighted by Gasteiger charge is 2.31. The minimum absolute atomic E-state index is 0.120. The predicted octanol–water partition coefficient (Wildman–Crippen LogP) is 0.755. The van der Waals surface area contributed by atoms with Gasteiger partial charge in [0.2, 0.25) is 5.91 Å². The van der Waals surface area contributed by atoms with Crippen LogP contribution in [-0.2, 0) is 9.59 Å².